The first-order valence-electron chi connectivity index (χ1n) is 23.2. The topological polar surface area (TPSA) is 57.2 Å². The molecule has 0 radical (unpaired) electrons. The molecular weight excluding hydrogens is 841 g/mol. The van der Waals surface area contributed by atoms with Crippen molar-refractivity contribution in [1.82, 2.24) is 29.6 Å². The maximum Gasteiger partial charge on any atom is 0.165 e. The molecule has 0 saturated carbocycles. The van der Waals surface area contributed by atoms with E-state index in [9.17, 15) is 8.78 Å². The number of piperidine rings is 2. The lowest BCUT2D eigenvalue weighted by atomic mass is 9.62. The predicted molar refractivity (Wildman–Crippen MR) is 250 cm³/mol. The summed E-state index contributed by atoms with van der Waals surface area (Å²) in [5.74, 6) is -0.372. The number of pyridine rings is 2. The van der Waals surface area contributed by atoms with Crippen molar-refractivity contribution in [1.29, 1.82) is 0 Å². The van der Waals surface area contributed by atoms with Gasteiger partial charge in [-0.3, -0.25) is 29.6 Å². The lowest BCUT2D eigenvalue weighted by Gasteiger charge is -2.59. The lowest BCUT2D eigenvalue weighted by molar-refractivity contribution is -0.0387. The Bertz CT molecular complexity index is 2250. The van der Waals surface area contributed by atoms with E-state index in [2.05, 4.69) is 45.8 Å². The number of nitrogens with zero attached hydrogens (tertiary/aromatic N) is 6. The fourth-order valence-corrected chi connectivity index (χ4v) is 10.5. The summed E-state index contributed by atoms with van der Waals surface area (Å²) in [7, 11) is 4.28. The zero-order chi connectivity index (χ0) is 45.9. The van der Waals surface area contributed by atoms with Crippen LogP contribution in [0.15, 0.2) is 146 Å². The normalized spacial score (nSPS) is 17.4. The zero-order valence-electron chi connectivity index (χ0n) is 37.9. The summed E-state index contributed by atoms with van der Waals surface area (Å²) in [5, 5.41) is 0. The van der Waals surface area contributed by atoms with Crippen LogP contribution in [-0.4, -0.2) is 109 Å². The summed E-state index contributed by atoms with van der Waals surface area (Å²) in [6.45, 7) is 6.86. The van der Waals surface area contributed by atoms with E-state index >= 15 is 8.78 Å². The van der Waals surface area contributed by atoms with Crippen LogP contribution in [0.1, 0.15) is 48.2 Å². The third-order valence-corrected chi connectivity index (χ3v) is 13.7. The highest BCUT2D eigenvalue weighted by Gasteiger charge is 2.62. The van der Waals surface area contributed by atoms with Crippen molar-refractivity contribution in [2.45, 2.75) is 36.8 Å². The minimum Gasteiger partial charge on any atom is -0.489 e. The second kappa shape index (κ2) is 21.8. The number of halogens is 4. The van der Waals surface area contributed by atoms with E-state index in [0.29, 0.717) is 39.4 Å². The first kappa shape index (κ1) is 46.9. The van der Waals surface area contributed by atoms with Gasteiger partial charge >= 0.3 is 0 Å². The highest BCUT2D eigenvalue weighted by Crippen LogP contribution is 2.56. The molecule has 0 amide bonds. The fourth-order valence-electron chi connectivity index (χ4n) is 10.5. The zero-order valence-corrected chi connectivity index (χ0v) is 37.9. The van der Waals surface area contributed by atoms with Gasteiger partial charge in [0.1, 0.15) is 35.9 Å². The summed E-state index contributed by atoms with van der Waals surface area (Å²) >= 11 is 0. The van der Waals surface area contributed by atoms with E-state index in [4.69, 9.17) is 19.4 Å². The predicted octanol–water partition coefficient (Wildman–Crippen LogP) is 9.67. The number of likely N-dealkylation sites (tertiary alicyclic amines) is 2. The van der Waals surface area contributed by atoms with Gasteiger partial charge in [-0.25, -0.2) is 17.6 Å². The minimum absolute atomic E-state index is 0.261. The molecule has 4 heterocycles. The highest BCUT2D eigenvalue weighted by atomic mass is 19.1. The standard InChI is InChI=1S/C54H60F4N6O2/c1-61(39-41-25-31-63(32-26-41)35-37-65-49-13-5-3-11-47(49)57)53(51-15-7-9-29-59-51,43-17-21-45(55)22-18-43)54(52-16-8-10-30-60-52,44-19-23-46(56)24-20-44)62(2)40-42-27-33-64(34-28-42)36-38-66-50-14-6-4-12-48(50)58/h3-24,29-30,41-42H,25-28,31-40H2,1-2H3/t53-,54?/m0/s1. The summed E-state index contributed by atoms with van der Waals surface area (Å²) < 4.78 is 70.6. The number of ether oxygens (including phenoxy) is 2. The SMILES string of the molecule is CN(CC1CCN(CCOc2ccccc2F)CC1)C(c1ccc(F)cc1)(c1ccccn1)[C@](c1ccc(F)cc1)(c1ccccn1)N(C)CC1CCN(CCOc2ccccc2F)CC1. The van der Waals surface area contributed by atoms with Gasteiger partial charge in [0.25, 0.3) is 0 Å². The maximum atomic E-state index is 15.2. The molecule has 346 valence electrons. The van der Waals surface area contributed by atoms with E-state index in [1.807, 2.05) is 60.9 Å². The van der Waals surface area contributed by atoms with Crippen molar-refractivity contribution in [3.8, 4) is 11.5 Å². The molecule has 0 spiro atoms. The Morgan fingerprint density at radius 2 is 0.864 bits per heavy atom. The van der Waals surface area contributed by atoms with Gasteiger partial charge in [0, 0.05) is 38.6 Å². The van der Waals surface area contributed by atoms with Gasteiger partial charge in [0.2, 0.25) is 0 Å². The summed E-state index contributed by atoms with van der Waals surface area (Å²) in [6, 6.07) is 38.4. The van der Waals surface area contributed by atoms with Crippen molar-refractivity contribution in [2.75, 3.05) is 79.7 Å². The summed E-state index contributed by atoms with van der Waals surface area (Å²) in [4.78, 5) is 20.0. The van der Waals surface area contributed by atoms with Gasteiger partial charge in [-0.15, -0.1) is 0 Å². The first-order chi connectivity index (χ1) is 32.2. The fraction of sp³-hybridized carbons (Fsp3) is 0.370. The number of hydrogen-bond donors (Lipinski definition) is 0. The number of aromatic nitrogens is 2. The maximum absolute atomic E-state index is 15.2. The largest absolute Gasteiger partial charge is 0.489 e. The monoisotopic (exact) mass is 900 g/mol. The average molecular weight is 901 g/mol. The van der Waals surface area contributed by atoms with Gasteiger partial charge < -0.3 is 9.47 Å². The van der Waals surface area contributed by atoms with Crippen LogP contribution in [0, 0.1) is 35.1 Å². The van der Waals surface area contributed by atoms with Crippen LogP contribution in [-0.2, 0) is 11.1 Å². The third-order valence-electron chi connectivity index (χ3n) is 13.7. The number of rotatable bonds is 19. The van der Waals surface area contributed by atoms with Crippen LogP contribution in [0.3, 0.4) is 0 Å². The van der Waals surface area contributed by atoms with Crippen LogP contribution in [0.2, 0.25) is 0 Å². The molecule has 0 bridgehead atoms. The molecule has 8 rings (SSSR count). The molecule has 2 aromatic heterocycles. The smallest absolute Gasteiger partial charge is 0.165 e. The van der Waals surface area contributed by atoms with Crippen molar-refractivity contribution in [3.63, 3.8) is 0 Å². The van der Waals surface area contributed by atoms with Gasteiger partial charge in [-0.05, 0) is 162 Å². The van der Waals surface area contributed by atoms with Gasteiger partial charge in [0.15, 0.2) is 23.1 Å². The van der Waals surface area contributed by atoms with E-state index in [1.54, 1.807) is 36.4 Å². The lowest BCUT2D eigenvalue weighted by Crippen LogP contribution is -2.68. The Kier molecular flexibility index (Phi) is 15.4. The minimum atomic E-state index is -1.17. The quantitative estimate of drug-likeness (QED) is 0.0746. The Morgan fingerprint density at radius 3 is 1.21 bits per heavy atom. The van der Waals surface area contributed by atoms with Gasteiger partial charge in [0.05, 0.1) is 11.4 Å². The molecule has 66 heavy (non-hydrogen) atoms. The molecule has 2 aliphatic rings. The second-order valence-electron chi connectivity index (χ2n) is 17.8. The van der Waals surface area contributed by atoms with Gasteiger partial charge in [-0.1, -0.05) is 60.7 Å². The first-order valence-corrected chi connectivity index (χ1v) is 23.2. The summed E-state index contributed by atoms with van der Waals surface area (Å²) in [5.41, 5.74) is 0.789. The Hall–Kier alpha value is -5.66. The van der Waals surface area contributed by atoms with Crippen LogP contribution in [0.5, 0.6) is 11.5 Å². The molecular formula is C54H60F4N6O2. The molecule has 2 aliphatic heterocycles. The van der Waals surface area contributed by atoms with Crippen LogP contribution in [0.25, 0.3) is 0 Å². The third kappa shape index (κ3) is 10.2. The molecule has 12 heteroatoms. The molecule has 2 saturated heterocycles. The van der Waals surface area contributed by atoms with Crippen LogP contribution >= 0.6 is 0 Å². The van der Waals surface area contributed by atoms with Crippen molar-refractivity contribution in [2.24, 2.45) is 11.8 Å². The Labute approximate surface area is 386 Å². The molecule has 1 unspecified atom stereocenters. The molecule has 0 N–H and O–H groups in total. The van der Waals surface area contributed by atoms with Crippen LogP contribution < -0.4 is 9.47 Å². The van der Waals surface area contributed by atoms with E-state index in [0.717, 1.165) is 74.4 Å². The summed E-state index contributed by atoms with van der Waals surface area (Å²) in [6.07, 6.45) is 7.28. The van der Waals surface area contributed by atoms with E-state index in [1.165, 1.54) is 36.4 Å². The number of benzene rings is 4. The average Bonchev–Trinajstić information content (AvgIpc) is 3.34. The molecule has 4 aromatic carbocycles. The van der Waals surface area contributed by atoms with E-state index < -0.39 is 11.1 Å². The van der Waals surface area contributed by atoms with E-state index in [-0.39, 0.29) is 46.6 Å². The molecule has 8 nitrogen and oxygen atoms in total. The Balaban J connectivity index is 1.14. The molecule has 6 aromatic rings. The van der Waals surface area contributed by atoms with Crippen molar-refractivity contribution < 1.29 is 27.0 Å². The van der Waals surface area contributed by atoms with Crippen LogP contribution in [0.4, 0.5) is 17.6 Å². The van der Waals surface area contributed by atoms with Gasteiger partial charge in [-0.2, -0.15) is 0 Å². The highest BCUT2D eigenvalue weighted by molar-refractivity contribution is 5.51. The molecule has 2 fully saturated rings. The molecule has 2 atom stereocenters. The van der Waals surface area contributed by atoms with Crippen molar-refractivity contribution >= 4 is 0 Å². The second-order valence-corrected chi connectivity index (χ2v) is 17.8. The number of para-hydroxylation sites is 2. The van der Waals surface area contributed by atoms with Crippen molar-refractivity contribution in [3.05, 3.63) is 192 Å². The number of likely N-dealkylation sites (N-methyl/N-ethyl adjacent to an activating group) is 2. The molecule has 0 aliphatic carbocycles. The number of hydrogen-bond acceptors (Lipinski definition) is 8. The Morgan fingerprint density at radius 1 is 0.500 bits per heavy atom.